The first-order chi connectivity index (χ1) is 32.5. The highest BCUT2D eigenvalue weighted by Crippen LogP contribution is 2.52. The van der Waals surface area contributed by atoms with Gasteiger partial charge in [0.1, 0.15) is 28.8 Å². The van der Waals surface area contributed by atoms with Crippen LogP contribution >= 0.6 is 0 Å². The zero-order valence-corrected chi connectivity index (χ0v) is 42.5. The van der Waals surface area contributed by atoms with Crippen LogP contribution < -0.4 is 30.1 Å². The van der Waals surface area contributed by atoms with Crippen molar-refractivity contribution < 1.29 is 54.9 Å². The third kappa shape index (κ3) is 9.36. The van der Waals surface area contributed by atoms with E-state index in [0.717, 1.165) is 16.4 Å². The van der Waals surface area contributed by atoms with Gasteiger partial charge in [0.25, 0.3) is 8.32 Å². The molecule has 2 saturated heterocycles. The van der Waals surface area contributed by atoms with Gasteiger partial charge < -0.3 is 28.3 Å². The molecule has 0 aliphatic carbocycles. The topological polar surface area (TPSA) is 125 Å². The smallest absolute Gasteiger partial charge is 0.472 e. The van der Waals surface area contributed by atoms with Gasteiger partial charge in [0.2, 0.25) is 5.88 Å². The van der Waals surface area contributed by atoms with Crippen LogP contribution in [0.5, 0.6) is 11.6 Å². The van der Waals surface area contributed by atoms with Crippen LogP contribution in [0.1, 0.15) is 100 Å². The van der Waals surface area contributed by atoms with Crippen molar-refractivity contribution >= 4 is 53.2 Å². The van der Waals surface area contributed by atoms with Crippen molar-refractivity contribution in [1.82, 2.24) is 14.9 Å². The Hall–Kier alpha value is -6.01. The van der Waals surface area contributed by atoms with Crippen LogP contribution in [-0.2, 0) is 20.5 Å². The second-order valence-corrected chi connectivity index (χ2v) is 26.0. The number of pyridine rings is 2. The third-order valence-electron chi connectivity index (χ3n) is 13.2. The summed E-state index contributed by atoms with van der Waals surface area (Å²) in [4.78, 5) is 40.8. The van der Waals surface area contributed by atoms with Crippen molar-refractivity contribution in [3.05, 3.63) is 95.7 Å². The van der Waals surface area contributed by atoms with E-state index in [4.69, 9.17) is 23.6 Å². The van der Waals surface area contributed by atoms with Gasteiger partial charge in [-0.25, -0.2) is 28.3 Å². The van der Waals surface area contributed by atoms with Crippen LogP contribution in [-0.4, -0.2) is 83.2 Å². The number of fused-ring (bicyclic) bond motifs is 5. The van der Waals surface area contributed by atoms with Crippen LogP contribution in [0.25, 0.3) is 22.0 Å². The predicted octanol–water partition coefficient (Wildman–Crippen LogP) is 11.3. The maximum Gasteiger partial charge on any atom is 0.573 e. The Labute approximate surface area is 405 Å². The van der Waals surface area contributed by atoms with Crippen LogP contribution in [0.4, 0.5) is 43.0 Å². The lowest BCUT2D eigenvalue weighted by Gasteiger charge is -2.52. The van der Waals surface area contributed by atoms with Crippen molar-refractivity contribution in [1.29, 1.82) is 0 Å². The van der Waals surface area contributed by atoms with Gasteiger partial charge >= 0.3 is 18.5 Å². The molecule has 5 heterocycles. The largest absolute Gasteiger partial charge is 0.573 e. The van der Waals surface area contributed by atoms with Gasteiger partial charge in [-0.15, -0.1) is 13.2 Å². The van der Waals surface area contributed by atoms with Crippen molar-refractivity contribution in [2.75, 3.05) is 16.8 Å². The molecule has 2 bridgehead atoms. The van der Waals surface area contributed by atoms with Crippen LogP contribution in [0.3, 0.4) is 0 Å². The lowest BCUT2D eigenvalue weighted by atomic mass is 9.93. The summed E-state index contributed by atoms with van der Waals surface area (Å²) in [5.41, 5.74) is -3.91. The number of anilines is 2. The number of amides is 2. The summed E-state index contributed by atoms with van der Waals surface area (Å²) < 4.78 is 107. The van der Waals surface area contributed by atoms with E-state index >= 15 is 8.78 Å². The molecule has 1 N–H and O–H groups in total. The molecule has 0 saturated carbocycles. The van der Waals surface area contributed by atoms with E-state index in [1.54, 1.807) is 60.3 Å². The molecule has 12 nitrogen and oxygen atoms in total. The molecule has 0 spiro atoms. The van der Waals surface area contributed by atoms with Gasteiger partial charge in [-0.05, 0) is 102 Å². The summed E-state index contributed by atoms with van der Waals surface area (Å²) in [5.74, 6) is -4.03. The number of hydrogen-bond acceptors (Lipinski definition) is 10. The maximum atomic E-state index is 18.3. The third-order valence-corrected chi connectivity index (χ3v) is 18.2. The van der Waals surface area contributed by atoms with Crippen molar-refractivity contribution in [2.24, 2.45) is 0 Å². The van der Waals surface area contributed by atoms with E-state index in [2.05, 4.69) is 35.8 Å². The number of alkyl halides is 3. The normalized spacial score (nSPS) is 20.4. The summed E-state index contributed by atoms with van der Waals surface area (Å²) in [6.45, 7) is 22.0. The van der Waals surface area contributed by atoms with E-state index in [1.807, 2.05) is 72.5 Å². The lowest BCUT2D eigenvalue weighted by Crippen LogP contribution is -2.69. The molecule has 18 heteroatoms. The first-order valence-corrected chi connectivity index (χ1v) is 25.3. The summed E-state index contributed by atoms with van der Waals surface area (Å²) in [5, 5.41) is 3.84. The Bertz CT molecular complexity index is 2790. The Balaban J connectivity index is 1.38. The fraction of sp³-hybridized carbons (Fsp3) is 0.462. The average molecular weight is 990 g/mol. The molecule has 0 radical (unpaired) electrons. The number of benzene rings is 3. The number of aryl methyl sites for hydroxylation is 1. The molecule has 4 atom stereocenters. The Morgan fingerprint density at radius 2 is 1.47 bits per heavy atom. The standard InChI is InChI=1S/C52H60F5N5O7Si/c1-29-36(27-65-70(50(9,10)11,32-19-15-13-16-20-32)33-21-17-14-18-22-33)59-44-39-38(29)40(54)41(34-25-31(58-46(63)68-48(3,4)5)26-35(53)43(34)67-52(55,56)57)60-45(39)66-30(2)42-37-23-24-51(12,28-61(42)44)62(37)47(64)69-49(6,7)8/h13-22,25-26,30,37,42H,23-24,27-28H2,1-12H3,(H,58,63)/t30-,37-,42+,51+/m0/s1. The first kappa shape index (κ1) is 50.4. The minimum absolute atomic E-state index is 0.116. The van der Waals surface area contributed by atoms with Crippen molar-refractivity contribution in [3.8, 4) is 22.9 Å². The van der Waals surface area contributed by atoms with E-state index in [1.165, 1.54) is 0 Å². The van der Waals surface area contributed by atoms with Gasteiger partial charge in [0, 0.05) is 23.7 Å². The lowest BCUT2D eigenvalue weighted by molar-refractivity contribution is -0.275. The van der Waals surface area contributed by atoms with E-state index in [0.29, 0.717) is 24.6 Å². The van der Waals surface area contributed by atoms with Crippen LogP contribution in [0, 0.1) is 18.6 Å². The summed E-state index contributed by atoms with van der Waals surface area (Å²) in [6, 6.07) is 20.3. The quantitative estimate of drug-likeness (QED) is 0.119. The molecule has 2 amide bonds. The molecule has 3 aliphatic heterocycles. The fourth-order valence-electron chi connectivity index (χ4n) is 10.5. The van der Waals surface area contributed by atoms with Gasteiger partial charge in [-0.3, -0.25) is 10.2 Å². The molecule has 2 aromatic heterocycles. The zero-order chi connectivity index (χ0) is 51.1. The molecule has 3 aliphatic rings. The minimum Gasteiger partial charge on any atom is -0.472 e. The minimum atomic E-state index is -5.43. The summed E-state index contributed by atoms with van der Waals surface area (Å²) >= 11 is 0. The fourth-order valence-corrected chi connectivity index (χ4v) is 15.0. The number of ether oxygens (including phenoxy) is 4. The van der Waals surface area contributed by atoms with Crippen LogP contribution in [0.2, 0.25) is 5.04 Å². The van der Waals surface area contributed by atoms with Crippen LogP contribution in [0.15, 0.2) is 72.8 Å². The molecular weight excluding hydrogens is 930 g/mol. The monoisotopic (exact) mass is 989 g/mol. The SMILES string of the molecule is Cc1c(CO[Si](c2ccccc2)(c2ccccc2)C(C)(C)C)nc2c3c(nc(-c4cc(NC(=O)OC(C)(C)C)cc(F)c4OC(F)(F)F)c(F)c13)O[C@@H](C)[C@@H]1[C@@H]3CC[C@](C)(CN21)N3C(=O)OC(C)(C)C. The number of halogens is 5. The highest BCUT2D eigenvalue weighted by atomic mass is 28.4. The Morgan fingerprint density at radius 1 is 0.871 bits per heavy atom. The summed E-state index contributed by atoms with van der Waals surface area (Å²) in [6.07, 6.45) is -6.62. The molecule has 70 heavy (non-hydrogen) atoms. The summed E-state index contributed by atoms with van der Waals surface area (Å²) in [7, 11) is -3.27. The zero-order valence-electron chi connectivity index (χ0n) is 41.5. The molecule has 2 fully saturated rings. The Kier molecular flexibility index (Phi) is 12.7. The predicted molar refractivity (Wildman–Crippen MR) is 259 cm³/mol. The molecule has 374 valence electrons. The molecule has 0 unspecified atom stereocenters. The number of nitrogens with one attached hydrogen (secondary N) is 1. The molecule has 5 aromatic rings. The number of hydrogen-bond donors (Lipinski definition) is 1. The molecule has 3 aromatic carbocycles. The van der Waals surface area contributed by atoms with E-state index in [-0.39, 0.29) is 46.9 Å². The second-order valence-electron chi connectivity index (χ2n) is 21.7. The van der Waals surface area contributed by atoms with Gasteiger partial charge in [-0.1, -0.05) is 81.4 Å². The van der Waals surface area contributed by atoms with Gasteiger partial charge in [0.05, 0.1) is 40.9 Å². The number of carbonyl (C=O) groups is 2. The first-order valence-electron chi connectivity index (χ1n) is 23.3. The molecular formula is C52H60F5N5O7Si. The number of piperazine rings is 1. The van der Waals surface area contributed by atoms with E-state index < -0.39 is 95.5 Å². The maximum absolute atomic E-state index is 18.3. The van der Waals surface area contributed by atoms with E-state index in [9.17, 15) is 22.8 Å². The number of carbonyl (C=O) groups excluding carboxylic acids is 2. The highest BCUT2D eigenvalue weighted by molar-refractivity contribution is 6.99. The highest BCUT2D eigenvalue weighted by Gasteiger charge is 2.59. The average Bonchev–Trinajstić information content (AvgIpc) is 3.42. The number of nitrogens with zero attached hydrogens (tertiary/aromatic N) is 4. The second kappa shape index (κ2) is 17.7. The number of rotatable bonds is 8. The molecule has 8 rings (SSSR count). The van der Waals surface area contributed by atoms with Crippen molar-refractivity contribution in [3.63, 3.8) is 0 Å². The Morgan fingerprint density at radius 3 is 2.03 bits per heavy atom. The van der Waals surface area contributed by atoms with Gasteiger partial charge in [0.15, 0.2) is 17.4 Å². The number of aromatic nitrogens is 2. The van der Waals surface area contributed by atoms with Gasteiger partial charge in [-0.2, -0.15) is 0 Å². The van der Waals surface area contributed by atoms with Crippen molar-refractivity contribution in [2.45, 2.75) is 149 Å².